The van der Waals surface area contributed by atoms with Gasteiger partial charge in [-0.25, -0.2) is 5.01 Å². The highest BCUT2D eigenvalue weighted by molar-refractivity contribution is 6.35. The molecule has 2 aromatic rings. The second-order valence-electron chi connectivity index (χ2n) is 8.86. The van der Waals surface area contributed by atoms with Gasteiger partial charge in [-0.3, -0.25) is 14.6 Å². The van der Waals surface area contributed by atoms with Crippen molar-refractivity contribution in [2.24, 2.45) is 0 Å². The first-order valence-corrected chi connectivity index (χ1v) is 12.4. The fraction of sp³-hybridized carbons (Fsp3) is 0.440. The van der Waals surface area contributed by atoms with Crippen molar-refractivity contribution in [3.05, 3.63) is 63.6 Å². The lowest BCUT2D eigenvalue weighted by Gasteiger charge is -2.31. The van der Waals surface area contributed by atoms with Crippen LogP contribution < -0.4 is 10.2 Å². The Labute approximate surface area is 211 Å². The fourth-order valence-electron chi connectivity index (χ4n) is 4.49. The summed E-state index contributed by atoms with van der Waals surface area (Å²) < 4.78 is 0. The van der Waals surface area contributed by atoms with Crippen LogP contribution in [-0.2, 0) is 22.7 Å². The predicted molar refractivity (Wildman–Crippen MR) is 136 cm³/mol. The molecule has 2 heterocycles. The number of carbonyl (C=O) groups is 2. The molecule has 34 heavy (non-hydrogen) atoms. The van der Waals surface area contributed by atoms with Crippen LogP contribution in [0.2, 0.25) is 10.0 Å². The number of amides is 2. The molecule has 7 nitrogen and oxygen atoms in total. The molecule has 4 rings (SSSR count). The third-order valence-electron chi connectivity index (χ3n) is 6.47. The number of carbonyl (C=O) groups excluding carboxylic acids is 2. The number of hydrogen-bond acceptors (Lipinski definition) is 5. The Morgan fingerprint density at radius 3 is 2.35 bits per heavy atom. The molecule has 182 valence electrons. The van der Waals surface area contributed by atoms with Crippen molar-refractivity contribution in [1.82, 2.24) is 20.2 Å². The molecule has 0 saturated carbocycles. The van der Waals surface area contributed by atoms with Crippen molar-refractivity contribution in [1.29, 1.82) is 0 Å². The van der Waals surface area contributed by atoms with Crippen LogP contribution in [0.25, 0.3) is 0 Å². The number of hydrazine groups is 1. The number of nitrogens with zero attached hydrogens (tertiary/aromatic N) is 4. The zero-order chi connectivity index (χ0) is 24.1. The van der Waals surface area contributed by atoms with Gasteiger partial charge in [0, 0.05) is 38.2 Å². The van der Waals surface area contributed by atoms with E-state index in [1.165, 1.54) is 24.0 Å². The number of likely N-dealkylation sites (N-methyl/N-ethyl adjacent to an activating group) is 1. The average Bonchev–Trinajstić information content (AvgIpc) is 3.49. The maximum absolute atomic E-state index is 13.3. The Bertz CT molecular complexity index is 1000. The summed E-state index contributed by atoms with van der Waals surface area (Å²) in [4.78, 5) is 30.1. The molecule has 0 aliphatic carbocycles. The van der Waals surface area contributed by atoms with Crippen LogP contribution in [-0.4, -0.2) is 73.0 Å². The van der Waals surface area contributed by atoms with Gasteiger partial charge in [0.2, 0.25) is 5.91 Å². The van der Waals surface area contributed by atoms with Gasteiger partial charge in [0.05, 0.1) is 23.8 Å². The van der Waals surface area contributed by atoms with Gasteiger partial charge < -0.3 is 15.1 Å². The molecule has 2 aromatic carbocycles. The SMILES string of the molecule is CN(C(=O)CN(CC(=O)NCCN1CCCC1)c1cc(Cl)ccc1Cl)N1Cc2ccccc2C1. The van der Waals surface area contributed by atoms with Crippen LogP contribution in [0.1, 0.15) is 24.0 Å². The number of hydrogen-bond donors (Lipinski definition) is 1. The number of fused-ring (bicyclic) bond motifs is 1. The zero-order valence-corrected chi connectivity index (χ0v) is 21.0. The second kappa shape index (κ2) is 11.4. The van der Waals surface area contributed by atoms with Gasteiger partial charge in [-0.1, -0.05) is 47.5 Å². The highest BCUT2D eigenvalue weighted by Crippen LogP contribution is 2.29. The summed E-state index contributed by atoms with van der Waals surface area (Å²) in [5.41, 5.74) is 3.00. The monoisotopic (exact) mass is 503 g/mol. The second-order valence-corrected chi connectivity index (χ2v) is 9.70. The molecule has 0 aromatic heterocycles. The minimum atomic E-state index is -0.153. The first kappa shape index (κ1) is 24.8. The lowest BCUT2D eigenvalue weighted by molar-refractivity contribution is -0.145. The molecular formula is C25H31Cl2N5O2. The van der Waals surface area contributed by atoms with Crippen molar-refractivity contribution in [3.8, 4) is 0 Å². The zero-order valence-electron chi connectivity index (χ0n) is 19.5. The van der Waals surface area contributed by atoms with Crippen LogP contribution in [0, 0.1) is 0 Å². The molecule has 1 fully saturated rings. The van der Waals surface area contributed by atoms with E-state index >= 15 is 0 Å². The van der Waals surface area contributed by atoms with E-state index in [0.29, 0.717) is 35.4 Å². The molecule has 1 saturated heterocycles. The normalized spacial score (nSPS) is 15.9. The quantitative estimate of drug-likeness (QED) is 0.568. The molecule has 1 N–H and O–H groups in total. The van der Waals surface area contributed by atoms with Crippen molar-refractivity contribution >= 4 is 40.7 Å². The number of rotatable bonds is 9. The van der Waals surface area contributed by atoms with E-state index in [1.54, 1.807) is 35.2 Å². The Morgan fingerprint density at radius 1 is 1.00 bits per heavy atom. The number of nitrogens with one attached hydrogen (secondary N) is 1. The summed E-state index contributed by atoms with van der Waals surface area (Å²) in [5, 5.41) is 7.55. The standard InChI is InChI=1S/C25H31Cl2N5O2/c1-29(32-15-19-6-2-3-7-20(19)16-32)25(34)18-31(23-14-21(26)8-9-22(23)27)17-24(33)28-10-13-30-11-4-5-12-30/h2-3,6-9,14H,4-5,10-13,15-18H2,1H3,(H,28,33). The molecule has 2 aliphatic rings. The topological polar surface area (TPSA) is 59.1 Å². The first-order chi connectivity index (χ1) is 16.4. The molecule has 0 unspecified atom stereocenters. The van der Waals surface area contributed by atoms with E-state index in [2.05, 4.69) is 22.3 Å². The molecule has 0 bridgehead atoms. The van der Waals surface area contributed by atoms with Crippen LogP contribution in [0.5, 0.6) is 0 Å². The van der Waals surface area contributed by atoms with E-state index in [0.717, 1.165) is 19.6 Å². The Balaban J connectivity index is 1.40. The van der Waals surface area contributed by atoms with E-state index in [4.69, 9.17) is 23.2 Å². The average molecular weight is 504 g/mol. The molecule has 0 atom stereocenters. The summed E-state index contributed by atoms with van der Waals surface area (Å²) in [7, 11) is 1.77. The van der Waals surface area contributed by atoms with Crippen LogP contribution in [0.4, 0.5) is 5.69 Å². The minimum Gasteiger partial charge on any atom is -0.353 e. The van der Waals surface area contributed by atoms with Crippen LogP contribution in [0.3, 0.4) is 0 Å². The van der Waals surface area contributed by atoms with Crippen molar-refractivity contribution in [3.63, 3.8) is 0 Å². The summed E-state index contributed by atoms with van der Waals surface area (Å²) in [6.07, 6.45) is 2.43. The Hall–Kier alpha value is -2.32. The molecule has 2 amide bonds. The van der Waals surface area contributed by atoms with E-state index in [1.807, 2.05) is 17.1 Å². The molecule has 0 spiro atoms. The number of benzene rings is 2. The molecular weight excluding hydrogens is 473 g/mol. The molecule has 9 heteroatoms. The Kier molecular flexibility index (Phi) is 8.32. The van der Waals surface area contributed by atoms with E-state index in [9.17, 15) is 9.59 Å². The van der Waals surface area contributed by atoms with Crippen LogP contribution >= 0.6 is 23.2 Å². The third kappa shape index (κ3) is 6.21. The lowest BCUT2D eigenvalue weighted by atomic mass is 10.1. The highest BCUT2D eigenvalue weighted by atomic mass is 35.5. The summed E-state index contributed by atoms with van der Waals surface area (Å²) in [5.74, 6) is -0.284. The van der Waals surface area contributed by atoms with Gasteiger partial charge in [0.15, 0.2) is 0 Å². The number of likely N-dealkylation sites (tertiary alicyclic amines) is 1. The molecule has 0 radical (unpaired) electrons. The maximum Gasteiger partial charge on any atom is 0.256 e. The molecule has 2 aliphatic heterocycles. The third-order valence-corrected chi connectivity index (χ3v) is 7.02. The smallest absolute Gasteiger partial charge is 0.256 e. The minimum absolute atomic E-state index is 0.00293. The largest absolute Gasteiger partial charge is 0.353 e. The summed E-state index contributed by atoms with van der Waals surface area (Å²) in [6.45, 7) is 4.95. The van der Waals surface area contributed by atoms with Gasteiger partial charge in [-0.15, -0.1) is 0 Å². The van der Waals surface area contributed by atoms with Crippen molar-refractivity contribution in [2.75, 3.05) is 51.2 Å². The van der Waals surface area contributed by atoms with Crippen LogP contribution in [0.15, 0.2) is 42.5 Å². The fourth-order valence-corrected chi connectivity index (χ4v) is 4.90. The van der Waals surface area contributed by atoms with Gasteiger partial charge in [0.1, 0.15) is 0 Å². The van der Waals surface area contributed by atoms with Gasteiger partial charge in [-0.05, 0) is 55.3 Å². The highest BCUT2D eigenvalue weighted by Gasteiger charge is 2.27. The summed E-state index contributed by atoms with van der Waals surface area (Å²) in [6, 6.07) is 13.3. The Morgan fingerprint density at radius 2 is 1.68 bits per heavy atom. The lowest BCUT2D eigenvalue weighted by Crippen LogP contribution is -2.48. The van der Waals surface area contributed by atoms with Gasteiger partial charge in [0.25, 0.3) is 5.91 Å². The summed E-state index contributed by atoms with van der Waals surface area (Å²) >= 11 is 12.7. The van der Waals surface area contributed by atoms with Crippen molar-refractivity contribution in [2.45, 2.75) is 25.9 Å². The van der Waals surface area contributed by atoms with Gasteiger partial charge in [-0.2, -0.15) is 0 Å². The van der Waals surface area contributed by atoms with E-state index < -0.39 is 0 Å². The maximum atomic E-state index is 13.3. The van der Waals surface area contributed by atoms with Gasteiger partial charge >= 0.3 is 0 Å². The first-order valence-electron chi connectivity index (χ1n) is 11.7. The van der Waals surface area contributed by atoms with Crippen molar-refractivity contribution < 1.29 is 9.59 Å². The van der Waals surface area contributed by atoms with E-state index in [-0.39, 0.29) is 24.9 Å². The number of halogens is 2. The predicted octanol–water partition coefficient (Wildman–Crippen LogP) is 3.40. The number of anilines is 1.